The van der Waals surface area contributed by atoms with Gasteiger partial charge in [-0.25, -0.2) is 9.97 Å². The number of thiazole rings is 2. The molecule has 3 aromatic rings. The highest BCUT2D eigenvalue weighted by atomic mass is 79.9. The molecule has 0 spiro atoms. The van der Waals surface area contributed by atoms with E-state index in [9.17, 15) is 4.79 Å². The van der Waals surface area contributed by atoms with Gasteiger partial charge in [0.2, 0.25) is 5.91 Å². The monoisotopic (exact) mass is 444 g/mol. The van der Waals surface area contributed by atoms with Crippen LogP contribution in [0.4, 0.5) is 16.0 Å². The van der Waals surface area contributed by atoms with Crippen molar-refractivity contribution >= 4 is 73.1 Å². The SMILES string of the molecule is Br.CC(=O)Nc1nc(C)c(-c2csc(Nc3ccc(Cl)cc3)n2)s1. The number of halogens is 2. The summed E-state index contributed by atoms with van der Waals surface area (Å²) in [6.07, 6.45) is 0. The van der Waals surface area contributed by atoms with Crippen LogP contribution in [0.3, 0.4) is 0 Å². The second kappa shape index (κ2) is 8.06. The largest absolute Gasteiger partial charge is 0.332 e. The van der Waals surface area contributed by atoms with Gasteiger partial charge in [-0.15, -0.1) is 28.3 Å². The number of nitrogens with one attached hydrogen (secondary N) is 2. The predicted molar refractivity (Wildman–Crippen MR) is 107 cm³/mol. The van der Waals surface area contributed by atoms with Crippen LogP contribution in [0.2, 0.25) is 5.02 Å². The maximum Gasteiger partial charge on any atom is 0.223 e. The second-order valence-electron chi connectivity index (χ2n) is 4.78. The fraction of sp³-hybridized carbons (Fsp3) is 0.133. The lowest BCUT2D eigenvalue weighted by Gasteiger charge is -2.01. The highest BCUT2D eigenvalue weighted by molar-refractivity contribution is 8.93. The number of rotatable bonds is 4. The van der Waals surface area contributed by atoms with Crippen LogP contribution in [0.1, 0.15) is 12.6 Å². The Hall–Kier alpha value is -1.48. The van der Waals surface area contributed by atoms with Crippen LogP contribution in [-0.4, -0.2) is 15.9 Å². The third kappa shape index (κ3) is 4.54. The number of aryl methyl sites for hydroxylation is 1. The van der Waals surface area contributed by atoms with Gasteiger partial charge in [-0.3, -0.25) is 4.79 Å². The van der Waals surface area contributed by atoms with E-state index in [1.807, 2.05) is 36.6 Å². The van der Waals surface area contributed by atoms with Crippen molar-refractivity contribution in [1.29, 1.82) is 0 Å². The van der Waals surface area contributed by atoms with E-state index in [0.717, 1.165) is 27.1 Å². The molecule has 2 aromatic heterocycles. The highest BCUT2D eigenvalue weighted by Gasteiger charge is 2.14. The molecule has 0 aliphatic carbocycles. The zero-order valence-electron chi connectivity index (χ0n) is 12.8. The summed E-state index contributed by atoms with van der Waals surface area (Å²) in [6, 6.07) is 7.45. The van der Waals surface area contributed by atoms with Crippen LogP contribution in [0.5, 0.6) is 0 Å². The van der Waals surface area contributed by atoms with Crippen molar-refractivity contribution in [2.24, 2.45) is 0 Å². The van der Waals surface area contributed by atoms with Crippen molar-refractivity contribution in [3.8, 4) is 10.6 Å². The van der Waals surface area contributed by atoms with Crippen LogP contribution in [-0.2, 0) is 4.79 Å². The summed E-state index contributed by atoms with van der Waals surface area (Å²) in [5.41, 5.74) is 2.62. The normalized spacial score (nSPS) is 10.1. The maximum absolute atomic E-state index is 11.1. The van der Waals surface area contributed by atoms with Gasteiger partial charge >= 0.3 is 0 Å². The van der Waals surface area contributed by atoms with E-state index in [1.165, 1.54) is 29.6 Å². The van der Waals surface area contributed by atoms with Crippen LogP contribution in [0, 0.1) is 6.92 Å². The van der Waals surface area contributed by atoms with Crippen molar-refractivity contribution < 1.29 is 4.79 Å². The molecule has 3 rings (SSSR count). The van der Waals surface area contributed by atoms with E-state index in [0.29, 0.717) is 10.2 Å². The number of carbonyl (C=O) groups excluding carboxylic acids is 1. The van der Waals surface area contributed by atoms with E-state index < -0.39 is 0 Å². The molecule has 0 saturated heterocycles. The number of carbonyl (C=O) groups is 1. The first-order valence-electron chi connectivity index (χ1n) is 6.75. The Kier molecular flexibility index (Phi) is 6.34. The Bertz CT molecular complexity index is 848. The molecule has 2 heterocycles. The number of hydrogen-bond acceptors (Lipinski definition) is 6. The molecule has 0 aliphatic rings. The van der Waals surface area contributed by atoms with Crippen LogP contribution in [0.15, 0.2) is 29.6 Å². The van der Waals surface area contributed by atoms with Crippen LogP contribution in [0.25, 0.3) is 10.6 Å². The molecular weight excluding hydrogens is 432 g/mol. The van der Waals surface area contributed by atoms with Crippen molar-refractivity contribution in [2.75, 3.05) is 10.6 Å². The summed E-state index contributed by atoms with van der Waals surface area (Å²) in [5, 5.41) is 9.99. The average Bonchev–Trinajstić information content (AvgIpc) is 3.07. The quantitative estimate of drug-likeness (QED) is 0.556. The lowest BCUT2D eigenvalue weighted by molar-refractivity contribution is -0.114. The Labute approximate surface area is 162 Å². The van der Waals surface area contributed by atoms with Gasteiger partial charge in [0.25, 0.3) is 0 Å². The topological polar surface area (TPSA) is 66.9 Å². The fourth-order valence-corrected chi connectivity index (χ4v) is 3.83. The Balaban J connectivity index is 0.00000208. The predicted octanol–water partition coefficient (Wildman–Crippen LogP) is 5.51. The molecule has 0 aliphatic heterocycles. The number of benzene rings is 1. The van der Waals surface area contributed by atoms with Gasteiger partial charge in [0, 0.05) is 23.0 Å². The van der Waals surface area contributed by atoms with Gasteiger partial charge in [-0.1, -0.05) is 22.9 Å². The van der Waals surface area contributed by atoms with E-state index in [2.05, 4.69) is 20.6 Å². The zero-order valence-corrected chi connectivity index (χ0v) is 16.9. The average molecular weight is 446 g/mol. The van der Waals surface area contributed by atoms with Gasteiger partial charge in [0.05, 0.1) is 16.3 Å². The third-order valence-corrected chi connectivity index (χ3v) is 5.02. The minimum Gasteiger partial charge on any atom is -0.332 e. The van der Waals surface area contributed by atoms with Crippen molar-refractivity contribution in [3.63, 3.8) is 0 Å². The summed E-state index contributed by atoms with van der Waals surface area (Å²) in [6.45, 7) is 3.37. The molecular formula is C15H14BrClN4OS2. The number of nitrogens with zero attached hydrogens (tertiary/aromatic N) is 2. The van der Waals surface area contributed by atoms with Crippen molar-refractivity contribution in [1.82, 2.24) is 9.97 Å². The molecule has 1 aromatic carbocycles. The van der Waals surface area contributed by atoms with Gasteiger partial charge in [0.15, 0.2) is 10.3 Å². The first kappa shape index (κ1) is 18.9. The maximum atomic E-state index is 11.1. The zero-order chi connectivity index (χ0) is 16.4. The van der Waals surface area contributed by atoms with Crippen molar-refractivity contribution in [3.05, 3.63) is 40.4 Å². The number of anilines is 3. The lowest BCUT2D eigenvalue weighted by atomic mass is 10.3. The lowest BCUT2D eigenvalue weighted by Crippen LogP contribution is -2.04. The number of hydrogen-bond donors (Lipinski definition) is 2. The first-order valence-corrected chi connectivity index (χ1v) is 8.82. The van der Waals surface area contributed by atoms with Gasteiger partial charge in [0.1, 0.15) is 0 Å². The van der Waals surface area contributed by atoms with Gasteiger partial charge in [-0.2, -0.15) is 0 Å². The first-order chi connectivity index (χ1) is 11.0. The number of aromatic nitrogens is 2. The molecule has 0 saturated carbocycles. The van der Waals surface area contributed by atoms with E-state index in [4.69, 9.17) is 11.6 Å². The molecule has 0 fully saturated rings. The molecule has 1 amide bonds. The summed E-state index contributed by atoms with van der Waals surface area (Å²) < 4.78 is 0. The smallest absolute Gasteiger partial charge is 0.223 e. The minimum atomic E-state index is -0.131. The Morgan fingerprint density at radius 3 is 2.54 bits per heavy atom. The summed E-state index contributed by atoms with van der Waals surface area (Å²) in [5.74, 6) is -0.131. The third-order valence-electron chi connectivity index (χ3n) is 2.91. The molecule has 24 heavy (non-hydrogen) atoms. The van der Waals surface area contributed by atoms with E-state index in [1.54, 1.807) is 0 Å². The Morgan fingerprint density at radius 1 is 1.17 bits per heavy atom. The fourth-order valence-electron chi connectivity index (χ4n) is 1.93. The summed E-state index contributed by atoms with van der Waals surface area (Å²) in [7, 11) is 0. The van der Waals surface area contributed by atoms with E-state index in [-0.39, 0.29) is 22.9 Å². The minimum absolute atomic E-state index is 0. The standard InChI is InChI=1S/C15H13ClN4OS2.BrH/c1-8-13(23-15(17-8)18-9(2)21)12-7-22-14(20-12)19-11-5-3-10(16)4-6-11;/h3-7H,1-2H3,(H,19,20)(H,17,18,21);1H. The molecule has 0 atom stereocenters. The second-order valence-corrected chi connectivity index (χ2v) is 7.08. The van der Waals surface area contributed by atoms with E-state index >= 15 is 0 Å². The Morgan fingerprint density at radius 2 is 1.88 bits per heavy atom. The molecule has 9 heteroatoms. The van der Waals surface area contributed by atoms with Crippen molar-refractivity contribution in [2.45, 2.75) is 13.8 Å². The molecule has 0 bridgehead atoms. The molecule has 2 N–H and O–H groups in total. The summed E-state index contributed by atoms with van der Waals surface area (Å²) in [4.78, 5) is 21.0. The molecule has 5 nitrogen and oxygen atoms in total. The molecule has 0 radical (unpaired) electrons. The molecule has 0 unspecified atom stereocenters. The summed E-state index contributed by atoms with van der Waals surface area (Å²) >= 11 is 8.81. The number of amides is 1. The van der Waals surface area contributed by atoms with Crippen LogP contribution < -0.4 is 10.6 Å². The molecule has 126 valence electrons. The van der Waals surface area contributed by atoms with Gasteiger partial charge in [-0.05, 0) is 31.2 Å². The van der Waals surface area contributed by atoms with Crippen LogP contribution >= 0.6 is 51.3 Å². The highest BCUT2D eigenvalue weighted by Crippen LogP contribution is 2.35. The van der Waals surface area contributed by atoms with Gasteiger partial charge < -0.3 is 10.6 Å².